The minimum Gasteiger partial charge on any atom is -0.468 e. The number of aryl methyl sites for hydroxylation is 2. The highest BCUT2D eigenvalue weighted by Gasteiger charge is 2.39. The number of nitrogens with one attached hydrogen (secondary N) is 1. The fourth-order valence-corrected chi connectivity index (χ4v) is 3.36. The molecular formula is C16H23NO2S. The lowest BCUT2D eigenvalue weighted by molar-refractivity contribution is -0.147. The van der Waals surface area contributed by atoms with Crippen LogP contribution in [0.3, 0.4) is 0 Å². The number of carbonyl (C=O) groups is 1. The number of methoxy groups -OCH3 is 1. The molecule has 0 amide bonds. The van der Waals surface area contributed by atoms with Crippen molar-refractivity contribution in [2.45, 2.75) is 50.1 Å². The van der Waals surface area contributed by atoms with Gasteiger partial charge in [0.1, 0.15) is 5.54 Å². The Labute approximate surface area is 125 Å². The lowest BCUT2D eigenvalue weighted by Crippen LogP contribution is -2.53. The third kappa shape index (κ3) is 3.76. The van der Waals surface area contributed by atoms with Gasteiger partial charge in [-0.25, -0.2) is 0 Å². The lowest BCUT2D eigenvalue weighted by Gasteiger charge is -2.28. The van der Waals surface area contributed by atoms with Gasteiger partial charge in [-0.1, -0.05) is 17.7 Å². The zero-order valence-corrected chi connectivity index (χ0v) is 13.5. The molecule has 0 aromatic heterocycles. The summed E-state index contributed by atoms with van der Waals surface area (Å²) in [7, 11) is 1.46. The van der Waals surface area contributed by atoms with Gasteiger partial charge in [0.15, 0.2) is 0 Å². The molecule has 20 heavy (non-hydrogen) atoms. The topological polar surface area (TPSA) is 38.3 Å². The van der Waals surface area contributed by atoms with Crippen LogP contribution in [0, 0.1) is 13.8 Å². The second-order valence-electron chi connectivity index (χ2n) is 5.80. The van der Waals surface area contributed by atoms with Crippen molar-refractivity contribution in [2.75, 3.05) is 12.9 Å². The van der Waals surface area contributed by atoms with E-state index in [-0.39, 0.29) is 5.97 Å². The van der Waals surface area contributed by atoms with Crippen molar-refractivity contribution in [1.29, 1.82) is 0 Å². The summed E-state index contributed by atoms with van der Waals surface area (Å²) in [4.78, 5) is 13.3. The molecule has 0 spiro atoms. The van der Waals surface area contributed by atoms with Crippen LogP contribution < -0.4 is 5.32 Å². The standard InChI is InChI=1S/C16H23NO2S/c1-11-5-6-12(2)14(9-11)20-10-16(3,15(18)19-4)17-13-7-8-13/h5-6,9,13,17H,7-8,10H2,1-4H3. The van der Waals surface area contributed by atoms with Crippen LogP contribution in [0.25, 0.3) is 0 Å². The minimum absolute atomic E-state index is 0.179. The van der Waals surface area contributed by atoms with E-state index in [0.29, 0.717) is 11.8 Å². The highest BCUT2D eigenvalue weighted by Crippen LogP contribution is 2.30. The predicted octanol–water partition coefficient (Wildman–Crippen LogP) is 3.08. The molecule has 0 heterocycles. The Bertz CT molecular complexity index is 499. The molecule has 1 fully saturated rings. The number of esters is 1. The van der Waals surface area contributed by atoms with Gasteiger partial charge in [0.05, 0.1) is 7.11 Å². The molecule has 0 saturated heterocycles. The molecule has 1 N–H and O–H groups in total. The molecule has 1 aromatic rings. The first-order chi connectivity index (χ1) is 9.44. The first kappa shape index (κ1) is 15.4. The normalized spacial score (nSPS) is 17.6. The smallest absolute Gasteiger partial charge is 0.326 e. The third-order valence-corrected chi connectivity index (χ3v) is 5.07. The van der Waals surface area contributed by atoms with Gasteiger partial charge in [0.2, 0.25) is 0 Å². The average Bonchev–Trinajstić information content (AvgIpc) is 3.22. The van der Waals surface area contributed by atoms with Crippen molar-refractivity contribution in [1.82, 2.24) is 5.32 Å². The molecule has 2 rings (SSSR count). The van der Waals surface area contributed by atoms with Crippen molar-refractivity contribution in [2.24, 2.45) is 0 Å². The van der Waals surface area contributed by atoms with E-state index in [4.69, 9.17) is 4.74 Å². The fourth-order valence-electron chi connectivity index (χ4n) is 2.15. The fraction of sp³-hybridized carbons (Fsp3) is 0.562. The van der Waals surface area contributed by atoms with E-state index in [2.05, 4.69) is 37.4 Å². The number of rotatable bonds is 6. The Morgan fingerprint density at radius 1 is 1.45 bits per heavy atom. The zero-order chi connectivity index (χ0) is 14.8. The van der Waals surface area contributed by atoms with Crippen molar-refractivity contribution in [3.8, 4) is 0 Å². The number of thioether (sulfide) groups is 1. The molecule has 1 saturated carbocycles. The second-order valence-corrected chi connectivity index (χ2v) is 6.82. The Hall–Kier alpha value is -1.00. The van der Waals surface area contributed by atoms with Gasteiger partial charge in [-0.15, -0.1) is 11.8 Å². The van der Waals surface area contributed by atoms with Crippen LogP contribution in [0.1, 0.15) is 30.9 Å². The largest absolute Gasteiger partial charge is 0.468 e. The molecule has 110 valence electrons. The summed E-state index contributed by atoms with van der Waals surface area (Å²) >= 11 is 1.72. The van der Waals surface area contributed by atoms with Crippen LogP contribution in [0.5, 0.6) is 0 Å². The number of hydrogen-bond acceptors (Lipinski definition) is 4. The number of carbonyl (C=O) groups excluding carboxylic acids is 1. The summed E-state index contributed by atoms with van der Waals surface area (Å²) < 4.78 is 4.97. The molecule has 0 aliphatic heterocycles. The van der Waals surface area contributed by atoms with Crippen molar-refractivity contribution < 1.29 is 9.53 Å². The van der Waals surface area contributed by atoms with Crippen molar-refractivity contribution in [3.05, 3.63) is 29.3 Å². The molecule has 0 bridgehead atoms. The lowest BCUT2D eigenvalue weighted by atomic mass is 10.1. The quantitative estimate of drug-likeness (QED) is 0.646. The highest BCUT2D eigenvalue weighted by molar-refractivity contribution is 7.99. The maximum Gasteiger partial charge on any atom is 0.326 e. The monoisotopic (exact) mass is 293 g/mol. The van der Waals surface area contributed by atoms with Crippen molar-refractivity contribution in [3.63, 3.8) is 0 Å². The maximum absolute atomic E-state index is 12.1. The van der Waals surface area contributed by atoms with Crippen LogP contribution in [0.15, 0.2) is 23.1 Å². The maximum atomic E-state index is 12.1. The summed E-state index contributed by atoms with van der Waals surface area (Å²) in [5.41, 5.74) is 1.88. The van der Waals surface area contributed by atoms with Crippen LogP contribution in [0.2, 0.25) is 0 Å². The SMILES string of the molecule is COC(=O)C(C)(CSc1cc(C)ccc1C)NC1CC1. The van der Waals surface area contributed by atoms with Gasteiger partial charge in [-0.2, -0.15) is 0 Å². The van der Waals surface area contributed by atoms with E-state index < -0.39 is 5.54 Å². The summed E-state index contributed by atoms with van der Waals surface area (Å²) in [6.45, 7) is 6.13. The van der Waals surface area contributed by atoms with E-state index in [0.717, 1.165) is 12.8 Å². The number of benzene rings is 1. The van der Waals surface area contributed by atoms with Crippen LogP contribution in [-0.2, 0) is 9.53 Å². The molecular weight excluding hydrogens is 270 g/mol. The summed E-state index contributed by atoms with van der Waals surface area (Å²) in [5.74, 6) is 0.503. The average molecular weight is 293 g/mol. The molecule has 4 heteroatoms. The second kappa shape index (κ2) is 6.19. The molecule has 1 aliphatic carbocycles. The van der Waals surface area contributed by atoms with E-state index in [1.54, 1.807) is 11.8 Å². The van der Waals surface area contributed by atoms with Gasteiger partial charge >= 0.3 is 5.97 Å². The van der Waals surface area contributed by atoms with E-state index in [1.807, 2.05) is 6.92 Å². The summed E-state index contributed by atoms with van der Waals surface area (Å²) in [6.07, 6.45) is 2.31. The first-order valence-corrected chi connectivity index (χ1v) is 7.99. The molecule has 3 nitrogen and oxygen atoms in total. The van der Waals surface area contributed by atoms with Crippen LogP contribution in [0.4, 0.5) is 0 Å². The van der Waals surface area contributed by atoms with E-state index in [9.17, 15) is 4.79 Å². The van der Waals surface area contributed by atoms with Gasteiger partial charge in [0.25, 0.3) is 0 Å². The van der Waals surface area contributed by atoms with Crippen molar-refractivity contribution >= 4 is 17.7 Å². The Balaban J connectivity index is 2.07. The molecule has 1 atom stereocenters. The molecule has 0 radical (unpaired) electrons. The highest BCUT2D eigenvalue weighted by atomic mass is 32.2. The van der Waals surface area contributed by atoms with Gasteiger partial charge in [-0.05, 0) is 45.2 Å². The zero-order valence-electron chi connectivity index (χ0n) is 12.7. The third-order valence-electron chi connectivity index (χ3n) is 3.60. The Morgan fingerprint density at radius 3 is 2.75 bits per heavy atom. The van der Waals surface area contributed by atoms with Gasteiger partial charge < -0.3 is 4.74 Å². The summed E-state index contributed by atoms with van der Waals surface area (Å²) in [6, 6.07) is 6.88. The Kier molecular flexibility index (Phi) is 4.76. The molecule has 1 unspecified atom stereocenters. The van der Waals surface area contributed by atoms with Gasteiger partial charge in [-0.3, -0.25) is 10.1 Å². The van der Waals surface area contributed by atoms with E-state index >= 15 is 0 Å². The van der Waals surface area contributed by atoms with E-state index in [1.165, 1.54) is 23.1 Å². The first-order valence-electron chi connectivity index (χ1n) is 7.01. The number of ether oxygens (including phenoxy) is 1. The predicted molar refractivity (Wildman–Crippen MR) is 83.2 cm³/mol. The van der Waals surface area contributed by atoms with Gasteiger partial charge in [0, 0.05) is 16.7 Å². The molecule has 1 aromatic carbocycles. The van der Waals surface area contributed by atoms with Crippen LogP contribution >= 0.6 is 11.8 Å². The number of hydrogen-bond donors (Lipinski definition) is 1. The summed E-state index contributed by atoms with van der Waals surface area (Å²) in [5, 5.41) is 3.43. The van der Waals surface area contributed by atoms with Crippen LogP contribution in [-0.4, -0.2) is 30.4 Å². The molecule has 1 aliphatic rings. The Morgan fingerprint density at radius 2 is 2.15 bits per heavy atom. The minimum atomic E-state index is -0.614.